The summed E-state index contributed by atoms with van der Waals surface area (Å²) in [6.07, 6.45) is 0. The van der Waals surface area contributed by atoms with Crippen LogP contribution in [0.25, 0.3) is 0 Å². The molecule has 1 atom stereocenters. The minimum Gasteiger partial charge on any atom is -0.508 e. The molecule has 2 aromatic rings. The lowest BCUT2D eigenvalue weighted by Crippen LogP contribution is -2.05. The molecule has 0 spiro atoms. The quantitative estimate of drug-likeness (QED) is 0.700. The van der Waals surface area contributed by atoms with E-state index in [0.717, 1.165) is 16.9 Å². The van der Waals surface area contributed by atoms with Gasteiger partial charge in [0.15, 0.2) is 0 Å². The number of phenols is 1. The molecule has 2 aromatic carbocycles. The third-order valence-electron chi connectivity index (χ3n) is 2.68. The Bertz CT molecular complexity index is 551. The lowest BCUT2D eigenvalue weighted by atomic mass is 10.00. The number of benzene rings is 2. The van der Waals surface area contributed by atoms with Crippen LogP contribution in [-0.4, -0.2) is 5.11 Å². The summed E-state index contributed by atoms with van der Waals surface area (Å²) in [6, 6.07) is 12.6. The number of para-hydroxylation sites is 1. The maximum atomic E-state index is 9.40. The zero-order chi connectivity index (χ0) is 11.1. The molecule has 16 heavy (non-hydrogen) atoms. The Hall–Kier alpha value is -1.67. The highest BCUT2D eigenvalue weighted by molar-refractivity contribution is 6.23. The van der Waals surface area contributed by atoms with Crippen molar-refractivity contribution in [2.45, 2.75) is 5.38 Å². The summed E-state index contributed by atoms with van der Waals surface area (Å²) in [7, 11) is 0. The van der Waals surface area contributed by atoms with Gasteiger partial charge in [-0.05, 0) is 18.2 Å². The van der Waals surface area contributed by atoms with Crippen molar-refractivity contribution in [3.63, 3.8) is 0 Å². The van der Waals surface area contributed by atoms with E-state index in [1.807, 2.05) is 24.3 Å². The second-order valence-corrected chi connectivity index (χ2v) is 4.16. The van der Waals surface area contributed by atoms with Crippen molar-refractivity contribution in [1.29, 1.82) is 0 Å². The molecule has 0 aliphatic carbocycles. The molecule has 1 heterocycles. The minimum absolute atomic E-state index is 0.182. The monoisotopic (exact) mass is 232 g/mol. The molecule has 1 aliphatic rings. The number of halogens is 1. The van der Waals surface area contributed by atoms with E-state index in [0.29, 0.717) is 5.75 Å². The maximum absolute atomic E-state index is 9.40. The third-order valence-corrected chi connectivity index (χ3v) is 3.15. The summed E-state index contributed by atoms with van der Waals surface area (Å²) in [4.78, 5) is 0. The number of rotatable bonds is 0. The Morgan fingerprint density at radius 3 is 2.62 bits per heavy atom. The second kappa shape index (κ2) is 3.42. The summed E-state index contributed by atoms with van der Waals surface area (Å²) in [6.45, 7) is 0. The van der Waals surface area contributed by atoms with Gasteiger partial charge in [-0.1, -0.05) is 18.2 Å². The zero-order valence-corrected chi connectivity index (χ0v) is 9.11. The van der Waals surface area contributed by atoms with Crippen molar-refractivity contribution in [1.82, 2.24) is 0 Å². The fraction of sp³-hybridized carbons (Fsp3) is 0.0769. The van der Waals surface area contributed by atoms with Crippen molar-refractivity contribution in [3.8, 4) is 17.2 Å². The molecular weight excluding hydrogens is 224 g/mol. The number of alkyl halides is 1. The molecule has 0 saturated heterocycles. The van der Waals surface area contributed by atoms with Crippen molar-refractivity contribution in [3.05, 3.63) is 53.6 Å². The van der Waals surface area contributed by atoms with Crippen LogP contribution < -0.4 is 4.74 Å². The zero-order valence-electron chi connectivity index (χ0n) is 8.35. The van der Waals surface area contributed by atoms with E-state index in [1.54, 1.807) is 18.2 Å². The minimum atomic E-state index is -0.222. The molecule has 0 radical (unpaired) electrons. The van der Waals surface area contributed by atoms with Gasteiger partial charge < -0.3 is 9.84 Å². The van der Waals surface area contributed by atoms with E-state index in [2.05, 4.69) is 0 Å². The Labute approximate surface area is 98.1 Å². The maximum Gasteiger partial charge on any atom is 0.136 e. The first-order valence-corrected chi connectivity index (χ1v) is 5.43. The molecule has 0 aromatic heterocycles. The van der Waals surface area contributed by atoms with Gasteiger partial charge in [-0.2, -0.15) is 0 Å². The topological polar surface area (TPSA) is 29.5 Å². The van der Waals surface area contributed by atoms with E-state index in [4.69, 9.17) is 16.3 Å². The molecule has 1 aliphatic heterocycles. The molecule has 0 fully saturated rings. The highest BCUT2D eigenvalue weighted by atomic mass is 35.5. The second-order valence-electron chi connectivity index (χ2n) is 3.72. The predicted octanol–water partition coefficient (Wildman–Crippen LogP) is 3.83. The molecule has 0 bridgehead atoms. The summed E-state index contributed by atoms with van der Waals surface area (Å²) < 4.78 is 5.68. The van der Waals surface area contributed by atoms with Gasteiger partial charge in [0.2, 0.25) is 0 Å². The molecule has 1 unspecified atom stereocenters. The Morgan fingerprint density at radius 1 is 1.00 bits per heavy atom. The van der Waals surface area contributed by atoms with Gasteiger partial charge in [-0.3, -0.25) is 0 Å². The number of hydrogen-bond donors (Lipinski definition) is 1. The summed E-state index contributed by atoms with van der Waals surface area (Å²) in [5.41, 5.74) is 1.85. The van der Waals surface area contributed by atoms with E-state index in [-0.39, 0.29) is 11.1 Å². The number of aromatic hydroxyl groups is 1. The Morgan fingerprint density at radius 2 is 1.75 bits per heavy atom. The molecule has 0 amide bonds. The van der Waals surface area contributed by atoms with Crippen LogP contribution in [0, 0.1) is 0 Å². The first-order chi connectivity index (χ1) is 7.75. The fourth-order valence-corrected chi connectivity index (χ4v) is 2.25. The molecular formula is C13H9ClO2. The molecule has 3 heteroatoms. The van der Waals surface area contributed by atoms with Gasteiger partial charge in [-0.25, -0.2) is 0 Å². The Balaban J connectivity index is 2.18. The fourth-order valence-electron chi connectivity index (χ4n) is 1.89. The van der Waals surface area contributed by atoms with E-state index >= 15 is 0 Å². The molecule has 1 N–H and O–H groups in total. The van der Waals surface area contributed by atoms with Gasteiger partial charge in [0.25, 0.3) is 0 Å². The predicted molar refractivity (Wildman–Crippen MR) is 62.3 cm³/mol. The van der Waals surface area contributed by atoms with Gasteiger partial charge in [0, 0.05) is 17.2 Å². The molecule has 0 saturated carbocycles. The summed E-state index contributed by atoms with van der Waals surface area (Å²) >= 11 is 6.37. The van der Waals surface area contributed by atoms with E-state index in [1.165, 1.54) is 0 Å². The standard InChI is InChI=1S/C13H9ClO2/c14-13-9-3-1-2-4-11(9)16-12-7-8(15)5-6-10(12)13/h1-7,13,15H. The first-order valence-electron chi connectivity index (χ1n) is 4.99. The van der Waals surface area contributed by atoms with Crippen LogP contribution in [0.3, 0.4) is 0 Å². The van der Waals surface area contributed by atoms with Gasteiger partial charge >= 0.3 is 0 Å². The SMILES string of the molecule is Oc1ccc2c(c1)Oc1ccccc1C2Cl. The van der Waals surface area contributed by atoms with Crippen LogP contribution >= 0.6 is 11.6 Å². The number of phenolic OH excluding ortho intramolecular Hbond substituents is 1. The highest BCUT2D eigenvalue weighted by Crippen LogP contribution is 2.46. The van der Waals surface area contributed by atoms with Crippen molar-refractivity contribution < 1.29 is 9.84 Å². The van der Waals surface area contributed by atoms with Gasteiger partial charge in [0.05, 0.1) is 5.38 Å². The third kappa shape index (κ3) is 1.34. The van der Waals surface area contributed by atoms with Crippen molar-refractivity contribution >= 4 is 11.6 Å². The first kappa shape index (κ1) is 9.55. The summed E-state index contributed by atoms with van der Waals surface area (Å²) in [5, 5.41) is 9.18. The largest absolute Gasteiger partial charge is 0.508 e. The average Bonchev–Trinajstić information content (AvgIpc) is 2.29. The number of ether oxygens (including phenoxy) is 1. The van der Waals surface area contributed by atoms with Crippen LogP contribution in [0.4, 0.5) is 0 Å². The van der Waals surface area contributed by atoms with E-state index in [9.17, 15) is 5.11 Å². The highest BCUT2D eigenvalue weighted by Gasteiger charge is 2.25. The number of fused-ring (bicyclic) bond motifs is 2. The van der Waals surface area contributed by atoms with Crippen LogP contribution in [0.5, 0.6) is 17.2 Å². The van der Waals surface area contributed by atoms with Crippen LogP contribution in [0.1, 0.15) is 16.5 Å². The van der Waals surface area contributed by atoms with Crippen molar-refractivity contribution in [2.24, 2.45) is 0 Å². The average molecular weight is 233 g/mol. The van der Waals surface area contributed by atoms with Crippen LogP contribution in [-0.2, 0) is 0 Å². The summed E-state index contributed by atoms with van der Waals surface area (Å²) in [5.74, 6) is 1.56. The van der Waals surface area contributed by atoms with Crippen LogP contribution in [0.15, 0.2) is 42.5 Å². The smallest absolute Gasteiger partial charge is 0.136 e. The number of hydrogen-bond acceptors (Lipinski definition) is 2. The van der Waals surface area contributed by atoms with Crippen molar-refractivity contribution in [2.75, 3.05) is 0 Å². The Kier molecular flexibility index (Phi) is 2.04. The molecule has 3 rings (SSSR count). The lowest BCUT2D eigenvalue weighted by Gasteiger charge is -2.24. The normalized spacial score (nSPS) is 17.2. The molecule has 2 nitrogen and oxygen atoms in total. The lowest BCUT2D eigenvalue weighted by molar-refractivity contribution is 0.441. The van der Waals surface area contributed by atoms with Crippen LogP contribution in [0.2, 0.25) is 0 Å². The van der Waals surface area contributed by atoms with Gasteiger partial charge in [-0.15, -0.1) is 11.6 Å². The van der Waals surface area contributed by atoms with Gasteiger partial charge in [0.1, 0.15) is 17.2 Å². The molecule has 80 valence electrons. The van der Waals surface area contributed by atoms with E-state index < -0.39 is 0 Å².